The van der Waals surface area contributed by atoms with Gasteiger partial charge in [0.2, 0.25) is 0 Å². The van der Waals surface area contributed by atoms with E-state index in [1.54, 1.807) is 0 Å². The molecule has 0 amide bonds. The second-order valence-corrected chi connectivity index (χ2v) is 8.65. The normalized spacial score (nSPS) is 43.9. The number of unbranched alkanes of at least 4 members (excludes halogenated alkanes) is 11. The van der Waals surface area contributed by atoms with Crippen LogP contribution in [0.1, 0.15) is 89.9 Å². The lowest BCUT2D eigenvalue weighted by atomic mass is 10.0. The Hall–Kier alpha value is -0.730. The van der Waals surface area contributed by atoms with Crippen molar-refractivity contribution in [1.29, 1.82) is 0 Å². The lowest BCUT2D eigenvalue weighted by Crippen LogP contribution is -2.41. The first-order valence-corrected chi connectivity index (χ1v) is 10.8. The number of aliphatic carboxylic acids is 1. The summed E-state index contributed by atoms with van der Waals surface area (Å²) < 4.78 is 27.7. The molecule has 0 aromatic carbocycles. The molecular weight excluding hydrogens is 352 g/mol. The van der Waals surface area contributed by atoms with Crippen molar-refractivity contribution >= 4 is 5.97 Å². The van der Waals surface area contributed by atoms with E-state index in [4.69, 9.17) is 28.8 Å². The molecule has 0 aromatic rings. The van der Waals surface area contributed by atoms with Gasteiger partial charge >= 0.3 is 17.7 Å². The molecule has 3 atom stereocenters. The summed E-state index contributed by atoms with van der Waals surface area (Å²) >= 11 is 0. The monoisotopic (exact) mass is 382 g/mol. The van der Waals surface area contributed by atoms with E-state index < -0.39 is 29.3 Å². The molecule has 5 saturated heterocycles. The average molecular weight is 382 g/mol. The molecule has 152 valence electrons. The van der Waals surface area contributed by atoms with Gasteiger partial charge in [0.25, 0.3) is 11.6 Å². The highest BCUT2D eigenvalue weighted by molar-refractivity contribution is 5.66. The van der Waals surface area contributed by atoms with Crippen LogP contribution in [0.25, 0.3) is 0 Å². The summed E-state index contributed by atoms with van der Waals surface area (Å²) in [5.41, 5.74) is 0. The van der Waals surface area contributed by atoms with Crippen LogP contribution < -0.4 is 0 Å². The molecule has 0 aromatic heterocycles. The fourth-order valence-corrected chi connectivity index (χ4v) is 4.75. The number of hydrogen-bond acceptors (Lipinski definition) is 6. The first kappa shape index (κ1) is 18.3. The molecule has 27 heavy (non-hydrogen) atoms. The summed E-state index contributed by atoms with van der Waals surface area (Å²) in [6, 6.07) is 0. The number of hydrogen-bond donors (Lipinski definition) is 1. The van der Waals surface area contributed by atoms with Gasteiger partial charge in [0, 0.05) is 6.42 Å². The van der Waals surface area contributed by atoms with Gasteiger partial charge in [-0.2, -0.15) is 0 Å². The predicted octanol–water partition coefficient (Wildman–Crippen LogP) is 3.79. The van der Waals surface area contributed by atoms with Gasteiger partial charge in [-0.05, 0) is 12.8 Å². The van der Waals surface area contributed by atoms with Crippen LogP contribution in [0.3, 0.4) is 0 Å². The molecule has 5 aliphatic heterocycles. The molecule has 2 spiro atoms. The summed E-state index contributed by atoms with van der Waals surface area (Å²) in [6.07, 6.45) is 16.0. The third kappa shape index (κ3) is 2.77. The van der Waals surface area contributed by atoms with Crippen molar-refractivity contribution in [3.05, 3.63) is 0 Å². The Bertz CT molecular complexity index is 601. The van der Waals surface area contributed by atoms with E-state index in [2.05, 4.69) is 0 Å². The first-order valence-electron chi connectivity index (χ1n) is 10.8. The predicted molar refractivity (Wildman–Crippen MR) is 92.4 cm³/mol. The Kier molecular flexibility index (Phi) is 4.33. The molecule has 5 rings (SSSR count). The topological polar surface area (TPSA) is 96.7 Å². The minimum atomic E-state index is -0.729. The molecule has 5 fully saturated rings. The summed E-state index contributed by atoms with van der Waals surface area (Å²) in [4.78, 5) is 10.4. The Balaban J connectivity index is 0.799. The SMILES string of the molecule is O=C(O)CCCCCCCCCCCCCCC1OC12OC21OC23OC21O3. The average Bonchev–Trinajstić information content (AvgIpc) is 3.52. The van der Waals surface area contributed by atoms with Crippen molar-refractivity contribution < 1.29 is 33.6 Å². The number of carboxylic acids is 1. The third-order valence-corrected chi connectivity index (χ3v) is 6.59. The van der Waals surface area contributed by atoms with E-state index in [1.165, 1.54) is 64.2 Å². The Labute approximate surface area is 159 Å². The number of fused-ring (bicyclic) bond motifs is 1. The van der Waals surface area contributed by atoms with E-state index in [0.717, 1.165) is 19.3 Å². The smallest absolute Gasteiger partial charge is 0.355 e. The van der Waals surface area contributed by atoms with Crippen LogP contribution in [-0.4, -0.2) is 40.5 Å². The maximum absolute atomic E-state index is 10.4. The van der Waals surface area contributed by atoms with Gasteiger partial charge < -0.3 is 9.84 Å². The minimum Gasteiger partial charge on any atom is -0.481 e. The zero-order valence-corrected chi connectivity index (χ0v) is 15.9. The van der Waals surface area contributed by atoms with Gasteiger partial charge in [-0.25, -0.2) is 0 Å². The Morgan fingerprint density at radius 3 is 1.70 bits per heavy atom. The van der Waals surface area contributed by atoms with E-state index in [1.807, 2.05) is 0 Å². The minimum absolute atomic E-state index is 0.147. The zero-order chi connectivity index (χ0) is 18.6. The van der Waals surface area contributed by atoms with Gasteiger partial charge in [-0.1, -0.05) is 70.6 Å². The molecule has 5 heterocycles. The Morgan fingerprint density at radius 1 is 0.704 bits per heavy atom. The molecule has 0 saturated carbocycles. The maximum Gasteiger partial charge on any atom is 0.355 e. The number of carbonyl (C=O) groups is 1. The van der Waals surface area contributed by atoms with Crippen LogP contribution in [0, 0.1) is 0 Å². The van der Waals surface area contributed by atoms with Crippen LogP contribution in [0.2, 0.25) is 0 Å². The highest BCUT2D eigenvalue weighted by Crippen LogP contribution is 2.93. The van der Waals surface area contributed by atoms with Gasteiger partial charge in [-0.3, -0.25) is 23.7 Å². The molecular formula is C20H30O7. The summed E-state index contributed by atoms with van der Waals surface area (Å²) in [5.74, 6) is -3.26. The molecule has 7 heteroatoms. The molecule has 1 N–H and O–H groups in total. The molecule has 3 unspecified atom stereocenters. The van der Waals surface area contributed by atoms with E-state index in [9.17, 15) is 4.79 Å². The van der Waals surface area contributed by atoms with Crippen LogP contribution in [0.15, 0.2) is 0 Å². The second-order valence-electron chi connectivity index (χ2n) is 8.65. The molecule has 5 aliphatic rings. The van der Waals surface area contributed by atoms with Gasteiger partial charge in [0.05, 0.1) is 0 Å². The second kappa shape index (κ2) is 6.39. The lowest BCUT2D eigenvalue weighted by molar-refractivity contribution is -0.166. The Morgan fingerprint density at radius 2 is 1.22 bits per heavy atom. The van der Waals surface area contributed by atoms with E-state index in [-0.39, 0.29) is 6.10 Å². The highest BCUT2D eigenvalue weighted by Gasteiger charge is 3.23. The van der Waals surface area contributed by atoms with E-state index in [0.29, 0.717) is 6.42 Å². The standard InChI is InChI=1S/C20H30O7/c21-16(22)14-12-10-8-6-4-2-1-3-5-7-9-11-13-15-17(23-15)18(24-17)19-20(25-18,26-19)27-19/h15H,1-14H2,(H,21,22). The summed E-state index contributed by atoms with van der Waals surface area (Å²) in [6.45, 7) is 0. The van der Waals surface area contributed by atoms with Crippen LogP contribution >= 0.6 is 0 Å². The van der Waals surface area contributed by atoms with Crippen LogP contribution in [-0.2, 0) is 28.5 Å². The molecule has 7 nitrogen and oxygen atoms in total. The van der Waals surface area contributed by atoms with Crippen molar-refractivity contribution in [3.63, 3.8) is 0 Å². The van der Waals surface area contributed by atoms with Crippen LogP contribution in [0.5, 0.6) is 0 Å². The molecule has 0 aliphatic carbocycles. The largest absolute Gasteiger partial charge is 0.481 e. The zero-order valence-electron chi connectivity index (χ0n) is 15.9. The van der Waals surface area contributed by atoms with Crippen molar-refractivity contribution in [2.75, 3.05) is 0 Å². The van der Waals surface area contributed by atoms with Crippen molar-refractivity contribution in [2.45, 2.75) is 119 Å². The van der Waals surface area contributed by atoms with Crippen molar-refractivity contribution in [1.82, 2.24) is 0 Å². The van der Waals surface area contributed by atoms with Crippen LogP contribution in [0.4, 0.5) is 0 Å². The van der Waals surface area contributed by atoms with Gasteiger partial charge in [0.1, 0.15) is 6.10 Å². The van der Waals surface area contributed by atoms with Gasteiger partial charge in [-0.15, -0.1) is 0 Å². The van der Waals surface area contributed by atoms with E-state index >= 15 is 0 Å². The molecule has 0 radical (unpaired) electrons. The fourth-order valence-electron chi connectivity index (χ4n) is 4.75. The summed E-state index contributed by atoms with van der Waals surface area (Å²) in [7, 11) is 0. The highest BCUT2D eigenvalue weighted by atomic mass is 17.3. The lowest BCUT2D eigenvalue weighted by Gasteiger charge is -2.08. The third-order valence-electron chi connectivity index (χ3n) is 6.59. The van der Waals surface area contributed by atoms with Crippen molar-refractivity contribution in [2.24, 2.45) is 0 Å². The first-order chi connectivity index (χ1) is 13.1. The number of ether oxygens (including phenoxy) is 5. The van der Waals surface area contributed by atoms with Gasteiger partial charge in [0.15, 0.2) is 0 Å². The quantitative estimate of drug-likeness (QED) is 0.340. The number of epoxide rings is 4. The van der Waals surface area contributed by atoms with Crippen molar-refractivity contribution in [3.8, 4) is 0 Å². The number of rotatable bonds is 15. The maximum atomic E-state index is 10.4. The summed E-state index contributed by atoms with van der Waals surface area (Å²) in [5, 5.41) is 8.58. The molecule has 0 bridgehead atoms. The fraction of sp³-hybridized carbons (Fsp3) is 0.950. The number of carboxylic acid groups (broad SMARTS) is 1.